The van der Waals surface area contributed by atoms with E-state index in [1.807, 2.05) is 6.07 Å². The van der Waals surface area contributed by atoms with Crippen LogP contribution >= 0.6 is 11.3 Å². The number of ether oxygens (including phenoxy) is 1. The fraction of sp³-hybridized carbons (Fsp3) is 0.0625. The summed E-state index contributed by atoms with van der Waals surface area (Å²) in [6, 6.07) is 8.98. The maximum atomic E-state index is 12.5. The minimum absolute atomic E-state index is 0.269. The first-order valence-corrected chi connectivity index (χ1v) is 8.10. The van der Waals surface area contributed by atoms with E-state index in [9.17, 15) is 18.0 Å². The number of aromatic nitrogens is 3. The molecule has 2 aromatic heterocycles. The van der Waals surface area contributed by atoms with Gasteiger partial charge >= 0.3 is 6.36 Å². The lowest BCUT2D eigenvalue weighted by Gasteiger charge is -2.07. The number of benzene rings is 2. The summed E-state index contributed by atoms with van der Waals surface area (Å²) in [4.78, 5) is 16.7. The fourth-order valence-corrected chi connectivity index (χ4v) is 3.37. The van der Waals surface area contributed by atoms with Crippen molar-refractivity contribution in [3.63, 3.8) is 0 Å². The number of alkyl halides is 3. The summed E-state index contributed by atoms with van der Waals surface area (Å²) < 4.78 is 41.3. The molecule has 0 unspecified atom stereocenters. The first-order valence-electron chi connectivity index (χ1n) is 7.29. The SMILES string of the molecule is O=C(Nc1nc2ccc(OC(F)(F)F)cc2s1)c1cccc2cn[nH]c12. The second kappa shape index (κ2) is 5.99. The van der Waals surface area contributed by atoms with E-state index in [1.54, 1.807) is 18.3 Å². The number of carbonyl (C=O) groups excluding carboxylic acids is 1. The van der Waals surface area contributed by atoms with Crippen molar-refractivity contribution in [2.45, 2.75) is 6.36 Å². The zero-order chi connectivity index (χ0) is 18.3. The van der Waals surface area contributed by atoms with Gasteiger partial charge in [0.1, 0.15) is 5.75 Å². The van der Waals surface area contributed by atoms with Crippen molar-refractivity contribution >= 4 is 43.5 Å². The molecule has 10 heteroatoms. The van der Waals surface area contributed by atoms with Crippen LogP contribution in [0.1, 0.15) is 10.4 Å². The maximum absolute atomic E-state index is 12.5. The van der Waals surface area contributed by atoms with Crippen LogP contribution in [0.2, 0.25) is 0 Å². The summed E-state index contributed by atoms with van der Waals surface area (Å²) in [5.41, 5.74) is 1.44. The van der Waals surface area contributed by atoms with Crippen molar-refractivity contribution in [3.05, 3.63) is 48.2 Å². The third-order valence-corrected chi connectivity index (χ3v) is 4.47. The molecule has 2 N–H and O–H groups in total. The number of aromatic amines is 1. The van der Waals surface area contributed by atoms with Gasteiger partial charge in [0, 0.05) is 11.5 Å². The molecule has 0 aliphatic rings. The molecule has 1 amide bonds. The zero-order valence-corrected chi connectivity index (χ0v) is 13.6. The summed E-state index contributed by atoms with van der Waals surface area (Å²) in [6.45, 7) is 0. The number of hydrogen-bond donors (Lipinski definition) is 2. The second-order valence-electron chi connectivity index (χ2n) is 5.29. The number of thiazole rings is 1. The topological polar surface area (TPSA) is 79.9 Å². The number of nitrogens with one attached hydrogen (secondary N) is 2. The molecule has 0 bridgehead atoms. The predicted molar refractivity (Wildman–Crippen MR) is 90.3 cm³/mol. The number of H-pyrrole nitrogens is 1. The van der Waals surface area contributed by atoms with Gasteiger partial charge in [-0.2, -0.15) is 5.10 Å². The van der Waals surface area contributed by atoms with Crippen LogP contribution in [0.5, 0.6) is 5.75 Å². The van der Waals surface area contributed by atoms with Gasteiger partial charge in [0.2, 0.25) is 0 Å². The largest absolute Gasteiger partial charge is 0.573 e. The fourth-order valence-electron chi connectivity index (χ4n) is 2.48. The molecule has 0 radical (unpaired) electrons. The highest BCUT2D eigenvalue weighted by Crippen LogP contribution is 2.32. The highest BCUT2D eigenvalue weighted by Gasteiger charge is 2.31. The van der Waals surface area contributed by atoms with Crippen LogP contribution in [0.3, 0.4) is 0 Å². The third kappa shape index (κ3) is 3.18. The molecule has 0 aliphatic carbocycles. The van der Waals surface area contributed by atoms with Crippen molar-refractivity contribution in [2.75, 3.05) is 5.32 Å². The zero-order valence-electron chi connectivity index (χ0n) is 12.8. The van der Waals surface area contributed by atoms with Crippen molar-refractivity contribution in [1.82, 2.24) is 15.2 Å². The monoisotopic (exact) mass is 378 g/mol. The molecule has 2 heterocycles. The first kappa shape index (κ1) is 16.3. The molecule has 0 saturated carbocycles. The predicted octanol–water partition coefficient (Wildman–Crippen LogP) is 4.32. The molecule has 0 spiro atoms. The van der Waals surface area contributed by atoms with E-state index >= 15 is 0 Å². The van der Waals surface area contributed by atoms with Gasteiger partial charge in [-0.1, -0.05) is 23.5 Å². The summed E-state index contributed by atoms with van der Waals surface area (Å²) in [7, 11) is 0. The van der Waals surface area contributed by atoms with Crippen LogP contribution in [0.25, 0.3) is 21.1 Å². The Labute approximate surface area is 147 Å². The molecule has 6 nitrogen and oxygen atoms in total. The molecule has 132 valence electrons. The average molecular weight is 378 g/mol. The molecule has 0 fully saturated rings. The van der Waals surface area contributed by atoms with Gasteiger partial charge in [0.15, 0.2) is 5.13 Å². The highest BCUT2D eigenvalue weighted by atomic mass is 32.1. The number of halogens is 3. The van der Waals surface area contributed by atoms with Crippen LogP contribution in [-0.4, -0.2) is 27.5 Å². The number of amides is 1. The Morgan fingerprint density at radius 3 is 2.88 bits per heavy atom. The first-order chi connectivity index (χ1) is 12.4. The van der Waals surface area contributed by atoms with E-state index in [0.29, 0.717) is 21.3 Å². The van der Waals surface area contributed by atoms with E-state index in [4.69, 9.17) is 0 Å². The number of carbonyl (C=O) groups is 1. The summed E-state index contributed by atoms with van der Waals surface area (Å²) in [5, 5.41) is 10.4. The van der Waals surface area contributed by atoms with Gasteiger partial charge in [0.25, 0.3) is 5.91 Å². The van der Waals surface area contributed by atoms with Crippen LogP contribution in [0.15, 0.2) is 42.6 Å². The lowest BCUT2D eigenvalue weighted by Crippen LogP contribution is -2.16. The van der Waals surface area contributed by atoms with Crippen molar-refractivity contribution in [1.29, 1.82) is 0 Å². The minimum Gasteiger partial charge on any atom is -0.406 e. The second-order valence-corrected chi connectivity index (χ2v) is 6.32. The molecule has 26 heavy (non-hydrogen) atoms. The normalized spacial score (nSPS) is 11.8. The van der Waals surface area contributed by atoms with Gasteiger partial charge in [-0.05, 0) is 18.2 Å². The highest BCUT2D eigenvalue weighted by molar-refractivity contribution is 7.22. The van der Waals surface area contributed by atoms with Crippen molar-refractivity contribution < 1.29 is 22.7 Å². The number of hydrogen-bond acceptors (Lipinski definition) is 5. The third-order valence-electron chi connectivity index (χ3n) is 3.54. The van der Waals surface area contributed by atoms with Gasteiger partial charge in [-0.15, -0.1) is 13.2 Å². The Bertz CT molecular complexity index is 1120. The summed E-state index contributed by atoms with van der Waals surface area (Å²) in [5.74, 6) is -0.737. The van der Waals surface area contributed by atoms with E-state index in [-0.39, 0.29) is 10.9 Å². The Kier molecular flexibility index (Phi) is 3.76. The smallest absolute Gasteiger partial charge is 0.406 e. The van der Waals surface area contributed by atoms with Gasteiger partial charge in [-0.25, -0.2) is 4.98 Å². The summed E-state index contributed by atoms with van der Waals surface area (Å²) >= 11 is 1.05. The standard InChI is InChI=1S/C16H9F3N4O2S/c17-16(18,19)25-9-4-5-11-12(6-9)26-15(21-11)22-14(24)10-3-1-2-8-7-20-23-13(8)10/h1-7H,(H,20,23)(H,21,22,24). The Morgan fingerprint density at radius 2 is 2.08 bits per heavy atom. The van der Waals surface area contributed by atoms with E-state index in [1.165, 1.54) is 18.2 Å². The quantitative estimate of drug-likeness (QED) is 0.556. The van der Waals surface area contributed by atoms with Crippen LogP contribution in [0, 0.1) is 0 Å². The Morgan fingerprint density at radius 1 is 1.23 bits per heavy atom. The van der Waals surface area contributed by atoms with Crippen LogP contribution < -0.4 is 10.1 Å². The van der Waals surface area contributed by atoms with E-state index in [0.717, 1.165) is 16.7 Å². The molecular formula is C16H9F3N4O2S. The molecule has 0 atom stereocenters. The van der Waals surface area contributed by atoms with Crippen LogP contribution in [0.4, 0.5) is 18.3 Å². The number of anilines is 1. The maximum Gasteiger partial charge on any atom is 0.573 e. The van der Waals surface area contributed by atoms with Crippen molar-refractivity contribution in [3.8, 4) is 5.75 Å². The van der Waals surface area contributed by atoms with Gasteiger partial charge in [0.05, 0.1) is 27.5 Å². The molecule has 2 aromatic carbocycles. The molecule has 0 aliphatic heterocycles. The van der Waals surface area contributed by atoms with Gasteiger partial charge in [-0.3, -0.25) is 15.2 Å². The molecular weight excluding hydrogens is 369 g/mol. The van der Waals surface area contributed by atoms with Crippen molar-refractivity contribution in [2.24, 2.45) is 0 Å². The number of para-hydroxylation sites is 1. The molecule has 4 rings (SSSR count). The molecule has 4 aromatic rings. The van der Waals surface area contributed by atoms with Gasteiger partial charge < -0.3 is 4.74 Å². The minimum atomic E-state index is -4.77. The number of nitrogens with zero attached hydrogens (tertiary/aromatic N) is 2. The molecule has 0 saturated heterocycles. The average Bonchev–Trinajstić information content (AvgIpc) is 3.18. The van der Waals surface area contributed by atoms with E-state index < -0.39 is 12.3 Å². The number of fused-ring (bicyclic) bond motifs is 2. The van der Waals surface area contributed by atoms with E-state index in [2.05, 4.69) is 25.2 Å². The lowest BCUT2D eigenvalue weighted by molar-refractivity contribution is -0.274. The number of rotatable bonds is 3. The Balaban J connectivity index is 1.61. The summed E-state index contributed by atoms with van der Waals surface area (Å²) in [6.07, 6.45) is -3.16. The van der Waals surface area contributed by atoms with Crippen LogP contribution in [-0.2, 0) is 0 Å². The Hall–Kier alpha value is -3.14. The lowest BCUT2D eigenvalue weighted by atomic mass is 10.1.